The van der Waals surface area contributed by atoms with Gasteiger partial charge < -0.3 is 20.6 Å². The molecule has 1 aromatic rings. The Kier molecular flexibility index (Phi) is 7.05. The van der Waals surface area contributed by atoms with Crippen molar-refractivity contribution in [1.82, 2.24) is 15.5 Å². The van der Waals surface area contributed by atoms with Gasteiger partial charge in [0.05, 0.1) is 29.2 Å². The first-order valence-corrected chi connectivity index (χ1v) is 12.9. The van der Waals surface area contributed by atoms with E-state index in [9.17, 15) is 19.5 Å². The molecule has 0 saturated carbocycles. The van der Waals surface area contributed by atoms with Crippen LogP contribution >= 0.6 is 11.8 Å². The Labute approximate surface area is 200 Å². The van der Waals surface area contributed by atoms with Crippen LogP contribution in [-0.4, -0.2) is 70.0 Å². The number of aliphatic hydroxyl groups excluding tert-OH is 1. The molecule has 3 saturated heterocycles. The SMILES string of the molecule is CCCCNC(=O)C1N([C@@H](CO)Cc2ccccc2)C(=O)[C@@H]2[C@@H](C(=O)NC)[C@H]3CC(C)C12S3. The fraction of sp³-hybridized carbons (Fsp3) is 0.640. The molecule has 7 nitrogen and oxygen atoms in total. The van der Waals surface area contributed by atoms with E-state index < -0.39 is 28.7 Å². The molecule has 33 heavy (non-hydrogen) atoms. The predicted octanol–water partition coefficient (Wildman–Crippen LogP) is 1.59. The second-order valence-electron chi connectivity index (χ2n) is 9.58. The van der Waals surface area contributed by atoms with E-state index in [1.54, 1.807) is 23.7 Å². The van der Waals surface area contributed by atoms with E-state index in [0.717, 1.165) is 24.8 Å². The van der Waals surface area contributed by atoms with Gasteiger partial charge in [-0.15, -0.1) is 11.8 Å². The molecule has 8 heteroatoms. The third-order valence-electron chi connectivity index (χ3n) is 7.73. The number of aliphatic hydroxyl groups is 1. The maximum absolute atomic E-state index is 14.0. The van der Waals surface area contributed by atoms with Gasteiger partial charge in [-0.2, -0.15) is 0 Å². The summed E-state index contributed by atoms with van der Waals surface area (Å²) in [7, 11) is 1.60. The zero-order chi connectivity index (χ0) is 23.8. The molecule has 180 valence electrons. The number of carbonyl (C=O) groups is 3. The van der Waals surface area contributed by atoms with E-state index >= 15 is 0 Å². The van der Waals surface area contributed by atoms with E-state index in [0.29, 0.717) is 13.0 Å². The molecule has 3 heterocycles. The quantitative estimate of drug-likeness (QED) is 0.473. The van der Waals surface area contributed by atoms with Crippen molar-refractivity contribution < 1.29 is 19.5 Å². The van der Waals surface area contributed by atoms with Crippen LogP contribution in [-0.2, 0) is 20.8 Å². The predicted molar refractivity (Wildman–Crippen MR) is 129 cm³/mol. The van der Waals surface area contributed by atoms with Crippen molar-refractivity contribution in [2.24, 2.45) is 17.8 Å². The summed E-state index contributed by atoms with van der Waals surface area (Å²) in [6, 6.07) is 8.49. The maximum Gasteiger partial charge on any atom is 0.244 e. The Hall–Kier alpha value is -2.06. The summed E-state index contributed by atoms with van der Waals surface area (Å²) in [5.74, 6) is -1.35. The Morgan fingerprint density at radius 2 is 2.00 bits per heavy atom. The molecule has 0 radical (unpaired) electrons. The second kappa shape index (κ2) is 9.66. The standard InChI is InChI=1S/C25H35N3O4S/c1-4-5-11-27-23(31)21-25-15(2)12-18(33-25)19(22(30)26-3)20(25)24(32)28(21)17(14-29)13-16-9-7-6-8-10-16/h6-10,15,17-21,29H,4-5,11-14H2,1-3H3,(H,26,30)(H,27,31)/t15?,17-,18-,19+,20+,21?,25?/m1/s1. The van der Waals surface area contributed by atoms with Crippen molar-refractivity contribution in [2.75, 3.05) is 20.2 Å². The Morgan fingerprint density at radius 1 is 1.27 bits per heavy atom. The van der Waals surface area contributed by atoms with Crippen LogP contribution in [0.4, 0.5) is 0 Å². The van der Waals surface area contributed by atoms with Gasteiger partial charge in [0.1, 0.15) is 6.04 Å². The number of thioether (sulfide) groups is 1. The molecule has 0 aromatic heterocycles. The van der Waals surface area contributed by atoms with Crippen LogP contribution in [0.1, 0.15) is 38.7 Å². The Bertz CT molecular complexity index is 897. The van der Waals surface area contributed by atoms with Crippen LogP contribution in [0, 0.1) is 17.8 Å². The lowest BCUT2D eigenvalue weighted by molar-refractivity contribution is -0.142. The van der Waals surface area contributed by atoms with E-state index in [1.165, 1.54) is 0 Å². The summed E-state index contributed by atoms with van der Waals surface area (Å²) in [6.45, 7) is 4.49. The summed E-state index contributed by atoms with van der Waals surface area (Å²) in [6.07, 6.45) is 3.09. The summed E-state index contributed by atoms with van der Waals surface area (Å²) >= 11 is 1.66. The third kappa shape index (κ3) is 3.85. The molecule has 3 amide bonds. The lowest BCUT2D eigenvalue weighted by Crippen LogP contribution is -2.59. The van der Waals surface area contributed by atoms with Crippen molar-refractivity contribution in [3.05, 3.63) is 35.9 Å². The van der Waals surface area contributed by atoms with E-state index in [-0.39, 0.29) is 35.5 Å². The number of fused-ring (bicyclic) bond motifs is 1. The zero-order valence-electron chi connectivity index (χ0n) is 19.6. The number of nitrogens with zero attached hydrogens (tertiary/aromatic N) is 1. The molecule has 2 bridgehead atoms. The monoisotopic (exact) mass is 473 g/mol. The highest BCUT2D eigenvalue weighted by Gasteiger charge is 2.76. The highest BCUT2D eigenvalue weighted by molar-refractivity contribution is 8.02. The van der Waals surface area contributed by atoms with Gasteiger partial charge in [0, 0.05) is 18.8 Å². The van der Waals surface area contributed by atoms with Crippen LogP contribution in [0.15, 0.2) is 30.3 Å². The van der Waals surface area contributed by atoms with Gasteiger partial charge >= 0.3 is 0 Å². The van der Waals surface area contributed by atoms with Crippen LogP contribution in [0.25, 0.3) is 0 Å². The normalized spacial score (nSPS) is 33.2. The van der Waals surface area contributed by atoms with Gasteiger partial charge in [0.2, 0.25) is 17.7 Å². The number of likely N-dealkylation sites (tertiary alicyclic amines) is 1. The minimum Gasteiger partial charge on any atom is -0.394 e. The summed E-state index contributed by atoms with van der Waals surface area (Å²) in [5, 5.41) is 16.2. The van der Waals surface area contributed by atoms with Crippen molar-refractivity contribution in [1.29, 1.82) is 0 Å². The van der Waals surface area contributed by atoms with E-state index in [1.807, 2.05) is 30.3 Å². The first-order chi connectivity index (χ1) is 15.9. The first kappa shape index (κ1) is 24.1. The van der Waals surface area contributed by atoms with Crippen LogP contribution < -0.4 is 10.6 Å². The molecular formula is C25H35N3O4S. The van der Waals surface area contributed by atoms with Gasteiger partial charge in [0.25, 0.3) is 0 Å². The number of nitrogens with one attached hydrogen (secondary N) is 2. The number of hydrogen-bond donors (Lipinski definition) is 3. The van der Waals surface area contributed by atoms with Crippen molar-refractivity contribution in [2.45, 2.75) is 61.6 Å². The minimum absolute atomic E-state index is 0.0312. The van der Waals surface area contributed by atoms with Gasteiger partial charge in [0.15, 0.2) is 0 Å². The molecule has 3 unspecified atom stereocenters. The van der Waals surface area contributed by atoms with Gasteiger partial charge in [-0.05, 0) is 30.7 Å². The van der Waals surface area contributed by atoms with Gasteiger partial charge in [-0.3, -0.25) is 14.4 Å². The average Bonchev–Trinajstić information content (AvgIpc) is 3.41. The fourth-order valence-electron chi connectivity index (χ4n) is 6.24. The molecule has 1 aromatic carbocycles. The van der Waals surface area contributed by atoms with Crippen molar-refractivity contribution >= 4 is 29.5 Å². The summed E-state index contributed by atoms with van der Waals surface area (Å²) in [5.41, 5.74) is 0.997. The number of carbonyl (C=O) groups excluding carboxylic acids is 3. The fourth-order valence-corrected chi connectivity index (χ4v) is 8.65. The van der Waals surface area contributed by atoms with Crippen LogP contribution in [0.5, 0.6) is 0 Å². The number of hydrogen-bond acceptors (Lipinski definition) is 5. The number of benzene rings is 1. The largest absolute Gasteiger partial charge is 0.394 e. The number of amides is 3. The number of rotatable bonds is 9. The maximum atomic E-state index is 14.0. The second-order valence-corrected chi connectivity index (χ2v) is 11.1. The smallest absolute Gasteiger partial charge is 0.244 e. The van der Waals surface area contributed by atoms with Gasteiger partial charge in [-0.25, -0.2) is 0 Å². The lowest BCUT2D eigenvalue weighted by atomic mass is 9.66. The average molecular weight is 474 g/mol. The first-order valence-electron chi connectivity index (χ1n) is 12.0. The highest BCUT2D eigenvalue weighted by atomic mass is 32.2. The molecule has 1 spiro atoms. The molecule has 3 aliphatic rings. The Morgan fingerprint density at radius 3 is 2.64 bits per heavy atom. The van der Waals surface area contributed by atoms with E-state index in [2.05, 4.69) is 24.5 Å². The van der Waals surface area contributed by atoms with Crippen LogP contribution in [0.2, 0.25) is 0 Å². The van der Waals surface area contributed by atoms with E-state index in [4.69, 9.17) is 0 Å². The lowest BCUT2D eigenvalue weighted by Gasteiger charge is -2.40. The molecule has 7 atom stereocenters. The van der Waals surface area contributed by atoms with Gasteiger partial charge in [-0.1, -0.05) is 50.6 Å². The molecule has 0 aliphatic carbocycles. The summed E-state index contributed by atoms with van der Waals surface area (Å²) in [4.78, 5) is 42.2. The highest BCUT2D eigenvalue weighted by Crippen LogP contribution is 2.68. The molecule has 3 fully saturated rings. The number of unbranched alkanes of at least 4 members (excludes halogenated alkanes) is 1. The van der Waals surface area contributed by atoms with Crippen molar-refractivity contribution in [3.63, 3.8) is 0 Å². The Balaban J connectivity index is 1.75. The zero-order valence-corrected chi connectivity index (χ0v) is 20.4. The molecular weight excluding hydrogens is 438 g/mol. The molecule has 4 rings (SSSR count). The molecule has 3 N–H and O–H groups in total. The summed E-state index contributed by atoms with van der Waals surface area (Å²) < 4.78 is -0.653. The third-order valence-corrected chi connectivity index (χ3v) is 9.80. The van der Waals surface area contributed by atoms with Crippen molar-refractivity contribution in [3.8, 4) is 0 Å². The van der Waals surface area contributed by atoms with Crippen LogP contribution in [0.3, 0.4) is 0 Å². The topological polar surface area (TPSA) is 98.7 Å². The minimum atomic E-state index is -0.702. The molecule has 3 aliphatic heterocycles.